The van der Waals surface area contributed by atoms with E-state index >= 15 is 0 Å². The summed E-state index contributed by atoms with van der Waals surface area (Å²) in [6.45, 7) is 0. The number of thiazole rings is 1. The van der Waals surface area contributed by atoms with E-state index in [1.54, 1.807) is 29.8 Å². The van der Waals surface area contributed by atoms with Gasteiger partial charge >= 0.3 is 5.76 Å². The maximum Gasteiger partial charge on any atom is 0.417 e. The fourth-order valence-corrected chi connectivity index (χ4v) is 3.73. The van der Waals surface area contributed by atoms with Gasteiger partial charge in [0.1, 0.15) is 11.5 Å². The van der Waals surface area contributed by atoms with Crippen LogP contribution in [0.1, 0.15) is 5.69 Å². The number of anilines is 1. The summed E-state index contributed by atoms with van der Waals surface area (Å²) in [4.78, 5) is 34.9. The second-order valence-corrected chi connectivity index (χ2v) is 7.19. The summed E-state index contributed by atoms with van der Waals surface area (Å²) in [5.74, 6) is -1.17. The molecule has 0 bridgehead atoms. The number of nitrogens with zero attached hydrogens (tertiary/aromatic N) is 3. The van der Waals surface area contributed by atoms with Crippen LogP contribution in [0.25, 0.3) is 28.0 Å². The van der Waals surface area contributed by atoms with Gasteiger partial charge in [0.25, 0.3) is 0 Å². The van der Waals surface area contributed by atoms with Gasteiger partial charge in [-0.3, -0.25) is 9.78 Å². The van der Waals surface area contributed by atoms with Gasteiger partial charge in [-0.05, 0) is 24.3 Å². The number of hydrogen-bond donors (Lipinski definition) is 2. The van der Waals surface area contributed by atoms with Crippen LogP contribution in [-0.2, 0) is 11.2 Å². The van der Waals surface area contributed by atoms with Crippen molar-refractivity contribution in [2.75, 3.05) is 5.32 Å². The molecule has 0 aliphatic rings. The first kappa shape index (κ1) is 17.3. The number of oxazole rings is 1. The second kappa shape index (κ2) is 6.67. The molecule has 29 heavy (non-hydrogen) atoms. The van der Waals surface area contributed by atoms with Gasteiger partial charge in [0.15, 0.2) is 10.7 Å². The van der Waals surface area contributed by atoms with E-state index in [1.165, 1.54) is 28.0 Å². The molecule has 10 heteroatoms. The number of carbonyl (C=O) groups is 1. The lowest BCUT2D eigenvalue weighted by atomic mass is 10.1. The Morgan fingerprint density at radius 2 is 2.14 bits per heavy atom. The Balaban J connectivity index is 1.31. The Bertz CT molecular complexity index is 1430. The van der Waals surface area contributed by atoms with Crippen LogP contribution in [0.5, 0.6) is 0 Å². The number of amides is 1. The number of aromatic nitrogens is 4. The predicted molar refractivity (Wildman–Crippen MR) is 105 cm³/mol. The zero-order chi connectivity index (χ0) is 20.0. The van der Waals surface area contributed by atoms with Crippen LogP contribution < -0.4 is 11.1 Å². The van der Waals surface area contributed by atoms with Crippen molar-refractivity contribution in [3.63, 3.8) is 0 Å². The van der Waals surface area contributed by atoms with E-state index in [1.807, 2.05) is 6.07 Å². The topological polar surface area (TPSA) is 105 Å². The molecule has 0 atom stereocenters. The number of hydrogen-bond acceptors (Lipinski definition) is 6. The summed E-state index contributed by atoms with van der Waals surface area (Å²) in [6, 6.07) is 8.12. The van der Waals surface area contributed by atoms with Crippen LogP contribution in [0, 0.1) is 5.82 Å². The predicted octanol–water partition coefficient (Wildman–Crippen LogP) is 3.21. The summed E-state index contributed by atoms with van der Waals surface area (Å²) in [7, 11) is 0. The Kier molecular flexibility index (Phi) is 3.98. The minimum atomic E-state index is -0.516. The van der Waals surface area contributed by atoms with Crippen LogP contribution in [0.3, 0.4) is 0 Å². The average molecular weight is 409 g/mol. The SMILES string of the molecule is O=C(Cc1cn2cc(F)ccc2n1)Nc1nc(-c2ccc3[nH]c(=O)oc3c2)cs1. The standard InChI is InChI=1S/C19H12FN5O3S/c20-11-2-4-16-21-12(8-25(16)7-11)6-17(26)24-18-22-14(9-29-18)10-1-3-13-15(5-10)28-19(27)23-13/h1-5,7-9H,6H2,(H,23,27)(H,22,24,26). The molecule has 8 nitrogen and oxygen atoms in total. The van der Waals surface area contributed by atoms with Crippen molar-refractivity contribution in [2.24, 2.45) is 0 Å². The first-order valence-electron chi connectivity index (χ1n) is 8.55. The zero-order valence-electron chi connectivity index (χ0n) is 14.7. The zero-order valence-corrected chi connectivity index (χ0v) is 15.5. The lowest BCUT2D eigenvalue weighted by molar-refractivity contribution is -0.115. The number of fused-ring (bicyclic) bond motifs is 2. The summed E-state index contributed by atoms with van der Waals surface area (Å²) < 4.78 is 19.9. The lowest BCUT2D eigenvalue weighted by Crippen LogP contribution is -2.14. The number of H-pyrrole nitrogens is 1. The molecule has 0 unspecified atom stereocenters. The van der Waals surface area contributed by atoms with Gasteiger partial charge in [0, 0.05) is 23.3 Å². The van der Waals surface area contributed by atoms with E-state index in [9.17, 15) is 14.0 Å². The number of nitrogens with one attached hydrogen (secondary N) is 2. The van der Waals surface area contributed by atoms with Crippen LogP contribution in [-0.4, -0.2) is 25.3 Å². The van der Waals surface area contributed by atoms with Crippen molar-refractivity contribution in [2.45, 2.75) is 6.42 Å². The van der Waals surface area contributed by atoms with Gasteiger partial charge in [-0.25, -0.2) is 19.2 Å². The van der Waals surface area contributed by atoms with Crippen molar-refractivity contribution in [3.8, 4) is 11.3 Å². The average Bonchev–Trinajstić information content (AvgIpc) is 3.37. The van der Waals surface area contributed by atoms with Gasteiger partial charge < -0.3 is 14.1 Å². The third-order valence-corrected chi connectivity index (χ3v) is 5.03. The van der Waals surface area contributed by atoms with Gasteiger partial charge in [-0.1, -0.05) is 6.07 Å². The highest BCUT2D eigenvalue weighted by Crippen LogP contribution is 2.27. The van der Waals surface area contributed by atoms with Crippen molar-refractivity contribution in [1.82, 2.24) is 19.4 Å². The van der Waals surface area contributed by atoms with Crippen molar-refractivity contribution >= 4 is 39.1 Å². The molecule has 0 radical (unpaired) electrons. The molecule has 0 saturated heterocycles. The van der Waals surface area contributed by atoms with E-state index in [0.717, 1.165) is 5.56 Å². The van der Waals surface area contributed by atoms with Gasteiger partial charge in [-0.2, -0.15) is 0 Å². The number of halogens is 1. The van der Waals surface area contributed by atoms with Crippen LogP contribution in [0.2, 0.25) is 0 Å². The van der Waals surface area contributed by atoms with E-state index in [0.29, 0.717) is 33.3 Å². The summed E-state index contributed by atoms with van der Waals surface area (Å²) >= 11 is 1.28. The van der Waals surface area contributed by atoms with Crippen LogP contribution in [0.4, 0.5) is 9.52 Å². The number of carbonyl (C=O) groups excluding carboxylic acids is 1. The third-order valence-electron chi connectivity index (χ3n) is 4.27. The maximum atomic E-state index is 13.3. The summed E-state index contributed by atoms with van der Waals surface area (Å²) in [6.07, 6.45) is 2.96. The molecule has 1 amide bonds. The molecule has 2 N–H and O–H groups in total. The lowest BCUT2D eigenvalue weighted by Gasteiger charge is -1.99. The normalized spacial score (nSPS) is 11.3. The summed E-state index contributed by atoms with van der Waals surface area (Å²) in [5, 5.41) is 4.98. The monoisotopic (exact) mass is 409 g/mol. The van der Waals surface area contributed by atoms with E-state index in [2.05, 4.69) is 20.3 Å². The molecule has 4 heterocycles. The molecule has 0 aliphatic carbocycles. The number of rotatable bonds is 4. The first-order valence-corrected chi connectivity index (χ1v) is 9.43. The third kappa shape index (κ3) is 3.41. The fraction of sp³-hybridized carbons (Fsp3) is 0.0526. The molecule has 0 fully saturated rings. The number of imidazole rings is 1. The van der Waals surface area contributed by atoms with E-state index in [-0.39, 0.29) is 18.1 Å². The van der Waals surface area contributed by atoms with Crippen molar-refractivity contribution < 1.29 is 13.6 Å². The molecule has 1 aromatic carbocycles. The highest BCUT2D eigenvalue weighted by molar-refractivity contribution is 7.14. The van der Waals surface area contributed by atoms with Crippen LogP contribution >= 0.6 is 11.3 Å². The molecule has 4 aromatic heterocycles. The van der Waals surface area contributed by atoms with Crippen LogP contribution in [0.15, 0.2) is 57.3 Å². The Hall–Kier alpha value is -3.79. The highest BCUT2D eigenvalue weighted by Gasteiger charge is 2.12. The molecule has 0 saturated carbocycles. The smallest absolute Gasteiger partial charge is 0.408 e. The minimum absolute atomic E-state index is 0.0404. The first-order chi connectivity index (χ1) is 14.0. The second-order valence-electron chi connectivity index (χ2n) is 6.33. The highest BCUT2D eigenvalue weighted by atomic mass is 32.1. The number of benzene rings is 1. The van der Waals surface area contributed by atoms with Crippen molar-refractivity contribution in [3.05, 3.63) is 70.2 Å². The number of pyridine rings is 1. The van der Waals surface area contributed by atoms with E-state index in [4.69, 9.17) is 4.42 Å². The molecular weight excluding hydrogens is 397 g/mol. The van der Waals surface area contributed by atoms with E-state index < -0.39 is 5.76 Å². The Morgan fingerprint density at radius 3 is 3.03 bits per heavy atom. The quantitative estimate of drug-likeness (QED) is 0.474. The fourth-order valence-electron chi connectivity index (χ4n) is 3.00. The van der Waals surface area contributed by atoms with Crippen molar-refractivity contribution in [1.29, 1.82) is 0 Å². The molecule has 5 rings (SSSR count). The molecule has 144 valence electrons. The number of aromatic amines is 1. The van der Waals surface area contributed by atoms with Gasteiger partial charge in [0.05, 0.1) is 23.3 Å². The maximum absolute atomic E-state index is 13.3. The Labute approximate surface area is 165 Å². The Morgan fingerprint density at radius 1 is 1.24 bits per heavy atom. The van der Waals surface area contributed by atoms with Gasteiger partial charge in [-0.15, -0.1) is 11.3 Å². The summed E-state index contributed by atoms with van der Waals surface area (Å²) in [5.41, 5.74) is 3.55. The largest absolute Gasteiger partial charge is 0.417 e. The molecule has 5 aromatic rings. The van der Waals surface area contributed by atoms with Gasteiger partial charge in [0.2, 0.25) is 5.91 Å². The molecular formula is C19H12FN5O3S. The molecule has 0 aliphatic heterocycles. The molecule has 0 spiro atoms. The minimum Gasteiger partial charge on any atom is -0.408 e.